The van der Waals surface area contributed by atoms with Gasteiger partial charge in [0.1, 0.15) is 12.2 Å². The first-order valence-electron chi connectivity index (χ1n) is 19.4. The van der Waals surface area contributed by atoms with Crippen molar-refractivity contribution in [2.24, 2.45) is 0 Å². The Hall–Kier alpha value is -2.10. The van der Waals surface area contributed by atoms with Crippen LogP contribution in [0, 0.1) is 0 Å². The third-order valence-electron chi connectivity index (χ3n) is 7.64. The Labute approximate surface area is 310 Å². The zero-order chi connectivity index (χ0) is 37.5. The van der Waals surface area contributed by atoms with E-state index in [9.17, 15) is 19.4 Å². The van der Waals surface area contributed by atoms with Gasteiger partial charge in [0.15, 0.2) is 0 Å². The first-order chi connectivity index (χ1) is 24.8. The molecule has 10 heteroatoms. The van der Waals surface area contributed by atoms with Crippen molar-refractivity contribution in [1.29, 1.82) is 0 Å². The molecule has 0 bridgehead atoms. The molecule has 0 aromatic rings. The number of allylic oxidation sites excluding steroid dienone is 12. The number of esters is 1. The summed E-state index contributed by atoms with van der Waals surface area (Å²) in [6, 6.07) is 0. The number of rotatable bonds is 36. The van der Waals surface area contributed by atoms with Gasteiger partial charge in [0.25, 0.3) is 0 Å². The molecule has 0 spiro atoms. The van der Waals surface area contributed by atoms with E-state index in [1.54, 1.807) is 0 Å². The topological polar surface area (TPSA) is 132 Å². The lowest BCUT2D eigenvalue weighted by Gasteiger charge is -2.20. The lowest BCUT2D eigenvalue weighted by Crippen LogP contribution is -2.29. The van der Waals surface area contributed by atoms with Gasteiger partial charge >= 0.3 is 13.8 Å². The van der Waals surface area contributed by atoms with Crippen LogP contribution in [0.5, 0.6) is 0 Å². The summed E-state index contributed by atoms with van der Waals surface area (Å²) in [6.07, 6.45) is 43.1. The van der Waals surface area contributed by atoms with Gasteiger partial charge < -0.3 is 24.6 Å². The fraction of sp³-hybridized carbons (Fsp3) is 0.683. The quantitative estimate of drug-likeness (QED) is 0.0249. The summed E-state index contributed by atoms with van der Waals surface area (Å²) in [5.74, 6) is -0.469. The average molecular weight is 739 g/mol. The second kappa shape index (κ2) is 37.7. The minimum Gasteiger partial charge on any atom is -0.457 e. The normalized spacial score (nSPS) is 15.0. The highest BCUT2D eigenvalue weighted by molar-refractivity contribution is 7.47. The van der Waals surface area contributed by atoms with Crippen molar-refractivity contribution in [2.45, 2.75) is 148 Å². The molecule has 3 atom stereocenters. The summed E-state index contributed by atoms with van der Waals surface area (Å²) in [4.78, 5) is 22.4. The van der Waals surface area contributed by atoms with E-state index in [2.05, 4.69) is 74.6 Å². The van der Waals surface area contributed by atoms with Crippen LogP contribution < -0.4 is 0 Å². The second-order valence-corrected chi connectivity index (χ2v) is 14.0. The minimum absolute atomic E-state index is 0.00928. The number of phosphoric acid groups is 1. The molecule has 0 aliphatic carbocycles. The highest BCUT2D eigenvalue weighted by Crippen LogP contribution is 2.43. The number of hydrogen-bond donors (Lipinski definition) is 3. The number of carbonyl (C=O) groups is 1. The van der Waals surface area contributed by atoms with Crippen molar-refractivity contribution in [2.75, 3.05) is 33.0 Å². The molecule has 0 aliphatic rings. The maximum absolute atomic E-state index is 12.5. The van der Waals surface area contributed by atoms with Gasteiger partial charge in [-0.1, -0.05) is 132 Å². The molecular weight excluding hydrogens is 667 g/mol. The third kappa shape index (κ3) is 37.5. The molecule has 0 saturated carbocycles. The van der Waals surface area contributed by atoms with Crippen molar-refractivity contribution in [1.82, 2.24) is 0 Å². The van der Waals surface area contributed by atoms with Crippen LogP contribution in [-0.2, 0) is 27.9 Å². The summed E-state index contributed by atoms with van der Waals surface area (Å²) in [5.41, 5.74) is 0. The number of phosphoric ester groups is 1. The average Bonchev–Trinajstić information content (AvgIpc) is 3.12. The van der Waals surface area contributed by atoms with Crippen LogP contribution in [0.2, 0.25) is 0 Å². The van der Waals surface area contributed by atoms with E-state index in [0.717, 1.165) is 57.8 Å². The maximum atomic E-state index is 12.5. The monoisotopic (exact) mass is 738 g/mol. The third-order valence-corrected chi connectivity index (χ3v) is 8.59. The maximum Gasteiger partial charge on any atom is 0.472 e. The van der Waals surface area contributed by atoms with Crippen LogP contribution in [0.3, 0.4) is 0 Å². The van der Waals surface area contributed by atoms with E-state index >= 15 is 0 Å². The zero-order valence-corrected chi connectivity index (χ0v) is 32.7. The van der Waals surface area contributed by atoms with Crippen molar-refractivity contribution in [3.05, 3.63) is 72.9 Å². The van der Waals surface area contributed by atoms with Crippen molar-refractivity contribution >= 4 is 13.8 Å². The smallest absolute Gasteiger partial charge is 0.457 e. The molecule has 9 nitrogen and oxygen atoms in total. The molecule has 0 radical (unpaired) electrons. The van der Waals surface area contributed by atoms with Gasteiger partial charge in [-0.3, -0.25) is 13.8 Å². The van der Waals surface area contributed by atoms with Crippen LogP contribution in [0.25, 0.3) is 0 Å². The number of aliphatic hydroxyl groups excluding tert-OH is 2. The highest BCUT2D eigenvalue weighted by atomic mass is 31.2. The Balaban J connectivity index is 4.35. The van der Waals surface area contributed by atoms with Crippen molar-refractivity contribution < 1.29 is 43.0 Å². The van der Waals surface area contributed by atoms with Gasteiger partial charge in [-0.2, -0.15) is 0 Å². The van der Waals surface area contributed by atoms with E-state index < -0.39 is 45.8 Å². The lowest BCUT2D eigenvalue weighted by molar-refractivity contribution is -0.154. The molecule has 0 rings (SSSR count). The molecule has 0 saturated heterocycles. The first-order valence-corrected chi connectivity index (χ1v) is 20.9. The summed E-state index contributed by atoms with van der Waals surface area (Å²) in [5, 5.41) is 18.3. The minimum atomic E-state index is -4.54. The first kappa shape index (κ1) is 48.9. The van der Waals surface area contributed by atoms with Gasteiger partial charge in [0.05, 0.1) is 26.4 Å². The van der Waals surface area contributed by atoms with Gasteiger partial charge in [-0.25, -0.2) is 4.57 Å². The summed E-state index contributed by atoms with van der Waals surface area (Å²) >= 11 is 0. The van der Waals surface area contributed by atoms with Gasteiger partial charge in [0.2, 0.25) is 0 Å². The predicted octanol–water partition coefficient (Wildman–Crippen LogP) is 10.2. The lowest BCUT2D eigenvalue weighted by atomic mass is 10.1. The largest absolute Gasteiger partial charge is 0.472 e. The standard InChI is InChI=1S/C41H71O9P/c1-3-5-7-9-11-13-15-17-18-19-20-22-24-26-28-30-32-34-47-37-40(38-49-51(45,46)48-36-39(43)35-42)50-41(44)33-31-29-27-25-23-21-16-14-12-10-8-6-4-2/h6,8,12-15,18-19,21,23,27,29,39-40,42-43H,3-5,7,9-11,16-17,20,22,24-26,28,30-38H2,1-2H3,(H,45,46)/b8-6-,14-12-,15-13-,19-18-,23-21-,29-27-. The zero-order valence-electron chi connectivity index (χ0n) is 31.8. The SMILES string of the molecule is CC/C=C\C/C=C\C/C=C\C/C=C\CCC(=O)OC(COCCCCCCCC/C=C\C/C=C\CCCCCC)COP(=O)(O)OCC(O)CO. The van der Waals surface area contributed by atoms with E-state index in [1.807, 2.05) is 12.2 Å². The van der Waals surface area contributed by atoms with Gasteiger partial charge in [0, 0.05) is 13.0 Å². The van der Waals surface area contributed by atoms with Crippen molar-refractivity contribution in [3.63, 3.8) is 0 Å². The Bertz CT molecular complexity index is 1020. The molecule has 0 aliphatic heterocycles. The van der Waals surface area contributed by atoms with Crippen LogP contribution >= 0.6 is 7.82 Å². The number of ether oxygens (including phenoxy) is 2. The summed E-state index contributed by atoms with van der Waals surface area (Å²) < 4.78 is 33.1. The van der Waals surface area contributed by atoms with E-state index in [-0.39, 0.29) is 13.0 Å². The van der Waals surface area contributed by atoms with E-state index in [0.29, 0.717) is 13.0 Å². The van der Waals surface area contributed by atoms with Gasteiger partial charge in [-0.05, 0) is 70.6 Å². The van der Waals surface area contributed by atoms with Crippen LogP contribution in [-0.4, -0.2) is 66.3 Å². The molecule has 0 aromatic heterocycles. The molecule has 0 aromatic carbocycles. The Kier molecular flexibility index (Phi) is 36.1. The molecule has 0 fully saturated rings. The number of unbranched alkanes of at least 4 members (excludes halogenated alkanes) is 10. The molecule has 0 heterocycles. The Morgan fingerprint density at radius 1 is 0.627 bits per heavy atom. The van der Waals surface area contributed by atoms with E-state index in [1.165, 1.54) is 51.4 Å². The van der Waals surface area contributed by atoms with Crippen LogP contribution in [0.4, 0.5) is 0 Å². The highest BCUT2D eigenvalue weighted by Gasteiger charge is 2.26. The Morgan fingerprint density at radius 2 is 1.12 bits per heavy atom. The van der Waals surface area contributed by atoms with Crippen molar-refractivity contribution in [3.8, 4) is 0 Å². The fourth-order valence-electron chi connectivity index (χ4n) is 4.69. The Morgan fingerprint density at radius 3 is 1.69 bits per heavy atom. The fourth-order valence-corrected chi connectivity index (χ4v) is 5.48. The second-order valence-electron chi connectivity index (χ2n) is 12.6. The number of hydrogen-bond acceptors (Lipinski definition) is 8. The summed E-state index contributed by atoms with van der Waals surface area (Å²) in [7, 11) is -4.54. The molecule has 3 N–H and O–H groups in total. The predicted molar refractivity (Wildman–Crippen MR) is 209 cm³/mol. The molecule has 51 heavy (non-hydrogen) atoms. The van der Waals surface area contributed by atoms with Gasteiger partial charge in [-0.15, -0.1) is 0 Å². The molecular formula is C41H71O9P. The molecule has 0 amide bonds. The molecule has 294 valence electrons. The van der Waals surface area contributed by atoms with E-state index in [4.69, 9.17) is 23.6 Å². The number of carbonyl (C=O) groups excluding carboxylic acids is 1. The summed E-state index contributed by atoms with van der Waals surface area (Å²) in [6.45, 7) is 3.23. The molecule has 3 unspecified atom stereocenters. The van der Waals surface area contributed by atoms with Crippen LogP contribution in [0.15, 0.2) is 72.9 Å². The number of aliphatic hydroxyl groups is 2. The van der Waals surface area contributed by atoms with Crippen LogP contribution in [0.1, 0.15) is 136 Å².